The molecule has 1 aromatic carbocycles. The molecule has 1 unspecified atom stereocenters. The summed E-state index contributed by atoms with van der Waals surface area (Å²) < 4.78 is 0. The number of halogens is 1. The highest BCUT2D eigenvalue weighted by Gasteiger charge is 2.21. The normalized spacial score (nSPS) is 18.1. The van der Waals surface area contributed by atoms with E-state index >= 15 is 0 Å². The van der Waals surface area contributed by atoms with Crippen molar-refractivity contribution in [2.45, 2.75) is 31.7 Å². The lowest BCUT2D eigenvalue weighted by atomic mass is 10.1. The van der Waals surface area contributed by atoms with Crippen molar-refractivity contribution in [3.63, 3.8) is 0 Å². The van der Waals surface area contributed by atoms with Gasteiger partial charge in [0.05, 0.1) is 5.56 Å². The summed E-state index contributed by atoms with van der Waals surface area (Å²) in [6.45, 7) is 1.73. The fourth-order valence-corrected chi connectivity index (χ4v) is 4.29. The summed E-state index contributed by atoms with van der Waals surface area (Å²) >= 11 is 1.38. The molecule has 3 N–H and O–H groups in total. The number of amides is 2. The predicted octanol–water partition coefficient (Wildman–Crippen LogP) is 3.00. The molecule has 0 radical (unpaired) electrons. The van der Waals surface area contributed by atoms with Gasteiger partial charge >= 0.3 is 0 Å². The number of anilines is 1. The Kier molecular flexibility index (Phi) is 5.96. The Balaban J connectivity index is 0.00000196. The SMILES string of the molecule is Cl.O=C(Nc1sccc1C(=O)NC1CCNC1)c1ccc2c(c1)CCC2. The number of nitrogens with one attached hydrogen (secondary N) is 3. The maximum Gasteiger partial charge on any atom is 0.256 e. The largest absolute Gasteiger partial charge is 0.348 e. The maximum atomic E-state index is 12.6. The smallest absolute Gasteiger partial charge is 0.256 e. The fourth-order valence-electron chi connectivity index (χ4n) is 3.51. The van der Waals surface area contributed by atoms with Crippen LogP contribution in [0.1, 0.15) is 44.7 Å². The number of hydrogen-bond acceptors (Lipinski definition) is 4. The molecule has 2 aliphatic rings. The van der Waals surface area contributed by atoms with Gasteiger partial charge in [-0.2, -0.15) is 0 Å². The van der Waals surface area contributed by atoms with Crippen molar-refractivity contribution < 1.29 is 9.59 Å². The number of carbonyl (C=O) groups is 2. The zero-order valence-electron chi connectivity index (χ0n) is 14.3. The summed E-state index contributed by atoms with van der Waals surface area (Å²) in [7, 11) is 0. The van der Waals surface area contributed by atoms with Gasteiger partial charge in [-0.15, -0.1) is 23.7 Å². The van der Waals surface area contributed by atoms with Crippen LogP contribution in [-0.2, 0) is 12.8 Å². The second-order valence-corrected chi connectivity index (χ2v) is 7.53. The summed E-state index contributed by atoms with van der Waals surface area (Å²) in [6.07, 6.45) is 4.24. The minimum atomic E-state index is -0.159. The first-order valence-electron chi connectivity index (χ1n) is 8.73. The average Bonchev–Trinajstić information content (AvgIpc) is 3.35. The molecule has 26 heavy (non-hydrogen) atoms. The first-order valence-corrected chi connectivity index (χ1v) is 9.61. The second-order valence-electron chi connectivity index (χ2n) is 6.62. The molecule has 0 bridgehead atoms. The third-order valence-electron chi connectivity index (χ3n) is 4.89. The molecule has 1 aliphatic heterocycles. The van der Waals surface area contributed by atoms with E-state index in [1.165, 1.54) is 22.5 Å². The molecule has 1 saturated heterocycles. The molecule has 1 aliphatic carbocycles. The van der Waals surface area contributed by atoms with Gasteiger partial charge in [0.25, 0.3) is 11.8 Å². The zero-order chi connectivity index (χ0) is 17.2. The molecule has 7 heteroatoms. The van der Waals surface area contributed by atoms with Crippen LogP contribution in [0.2, 0.25) is 0 Å². The molecule has 1 aromatic heterocycles. The summed E-state index contributed by atoms with van der Waals surface area (Å²) in [5, 5.41) is 11.6. The van der Waals surface area contributed by atoms with Crippen LogP contribution >= 0.6 is 23.7 Å². The zero-order valence-corrected chi connectivity index (χ0v) is 16.0. The number of benzene rings is 1. The predicted molar refractivity (Wildman–Crippen MR) is 107 cm³/mol. The van der Waals surface area contributed by atoms with E-state index in [2.05, 4.69) is 16.0 Å². The Morgan fingerprint density at radius 3 is 2.77 bits per heavy atom. The quantitative estimate of drug-likeness (QED) is 0.750. The topological polar surface area (TPSA) is 70.2 Å². The van der Waals surface area contributed by atoms with Gasteiger partial charge in [-0.25, -0.2) is 0 Å². The van der Waals surface area contributed by atoms with Gasteiger partial charge in [0.1, 0.15) is 5.00 Å². The second kappa shape index (κ2) is 8.20. The Morgan fingerprint density at radius 2 is 1.96 bits per heavy atom. The Labute approximate surface area is 163 Å². The molecular weight excluding hydrogens is 370 g/mol. The van der Waals surface area contributed by atoms with E-state index in [4.69, 9.17) is 0 Å². The van der Waals surface area contributed by atoms with Crippen LogP contribution in [0.15, 0.2) is 29.6 Å². The molecule has 4 rings (SSSR count). The third-order valence-corrected chi connectivity index (χ3v) is 5.72. The van der Waals surface area contributed by atoms with Crippen molar-refractivity contribution in [3.05, 3.63) is 51.9 Å². The van der Waals surface area contributed by atoms with Gasteiger partial charge in [-0.1, -0.05) is 6.07 Å². The lowest BCUT2D eigenvalue weighted by Gasteiger charge is -2.12. The molecule has 5 nitrogen and oxygen atoms in total. The average molecular weight is 392 g/mol. The number of aryl methyl sites for hydroxylation is 2. The molecule has 138 valence electrons. The highest BCUT2D eigenvalue weighted by atomic mass is 35.5. The summed E-state index contributed by atoms with van der Waals surface area (Å²) in [4.78, 5) is 25.1. The Morgan fingerprint density at radius 1 is 1.12 bits per heavy atom. The van der Waals surface area contributed by atoms with Crippen LogP contribution in [0, 0.1) is 0 Å². The van der Waals surface area contributed by atoms with Gasteiger partial charge in [0.2, 0.25) is 0 Å². The van der Waals surface area contributed by atoms with Crippen molar-refractivity contribution >= 4 is 40.6 Å². The standard InChI is InChI=1S/C19H21N3O2S.ClH/c23-17(14-5-4-12-2-1-3-13(12)10-14)22-19-16(7-9-25-19)18(24)21-15-6-8-20-11-15;/h4-5,7,9-10,15,20H,1-3,6,8,11H2,(H,21,24)(H,22,23);1H. The Hall–Kier alpha value is -1.89. The van der Waals surface area contributed by atoms with Crippen LogP contribution in [0.5, 0.6) is 0 Å². The van der Waals surface area contributed by atoms with E-state index < -0.39 is 0 Å². The van der Waals surface area contributed by atoms with Crippen LogP contribution in [-0.4, -0.2) is 30.9 Å². The van der Waals surface area contributed by atoms with Crippen LogP contribution in [0.4, 0.5) is 5.00 Å². The van der Waals surface area contributed by atoms with Gasteiger partial charge in [0, 0.05) is 18.2 Å². The third kappa shape index (κ3) is 3.92. The number of thiophene rings is 1. The minimum absolute atomic E-state index is 0. The molecule has 2 heterocycles. The van der Waals surface area contributed by atoms with E-state index in [1.807, 2.05) is 23.6 Å². The molecule has 1 atom stereocenters. The highest BCUT2D eigenvalue weighted by molar-refractivity contribution is 7.14. The summed E-state index contributed by atoms with van der Waals surface area (Å²) in [6, 6.07) is 7.83. The van der Waals surface area contributed by atoms with E-state index in [-0.39, 0.29) is 30.3 Å². The van der Waals surface area contributed by atoms with E-state index in [0.29, 0.717) is 16.1 Å². The summed E-state index contributed by atoms with van der Waals surface area (Å²) in [5.74, 6) is -0.284. The lowest BCUT2D eigenvalue weighted by Crippen LogP contribution is -2.36. The number of carbonyl (C=O) groups excluding carboxylic acids is 2. The molecule has 0 spiro atoms. The van der Waals surface area contributed by atoms with Gasteiger partial charge in [-0.05, 0) is 66.9 Å². The highest BCUT2D eigenvalue weighted by Crippen LogP contribution is 2.26. The van der Waals surface area contributed by atoms with Crippen molar-refractivity contribution in [2.24, 2.45) is 0 Å². The first-order chi connectivity index (χ1) is 12.2. The van der Waals surface area contributed by atoms with Crippen LogP contribution < -0.4 is 16.0 Å². The van der Waals surface area contributed by atoms with E-state index in [0.717, 1.165) is 38.8 Å². The van der Waals surface area contributed by atoms with Crippen molar-refractivity contribution in [1.82, 2.24) is 10.6 Å². The number of fused-ring (bicyclic) bond motifs is 1. The molecule has 2 aromatic rings. The van der Waals surface area contributed by atoms with Crippen molar-refractivity contribution in [2.75, 3.05) is 18.4 Å². The van der Waals surface area contributed by atoms with Gasteiger partial charge < -0.3 is 16.0 Å². The van der Waals surface area contributed by atoms with Crippen LogP contribution in [0.25, 0.3) is 0 Å². The van der Waals surface area contributed by atoms with Crippen LogP contribution in [0.3, 0.4) is 0 Å². The summed E-state index contributed by atoms with van der Waals surface area (Å²) in [5.41, 5.74) is 3.80. The number of hydrogen-bond donors (Lipinski definition) is 3. The fraction of sp³-hybridized carbons (Fsp3) is 0.368. The molecule has 2 amide bonds. The van der Waals surface area contributed by atoms with Crippen molar-refractivity contribution in [1.29, 1.82) is 0 Å². The molecular formula is C19H22ClN3O2S. The maximum absolute atomic E-state index is 12.6. The lowest BCUT2D eigenvalue weighted by molar-refractivity contribution is 0.0941. The Bertz CT molecular complexity index is 815. The van der Waals surface area contributed by atoms with E-state index in [1.54, 1.807) is 6.07 Å². The van der Waals surface area contributed by atoms with Gasteiger partial charge in [-0.3, -0.25) is 9.59 Å². The van der Waals surface area contributed by atoms with E-state index in [9.17, 15) is 9.59 Å². The molecule has 0 saturated carbocycles. The minimum Gasteiger partial charge on any atom is -0.348 e. The van der Waals surface area contributed by atoms with Crippen molar-refractivity contribution in [3.8, 4) is 0 Å². The first kappa shape index (κ1) is 18.9. The van der Waals surface area contributed by atoms with Gasteiger partial charge in [0.15, 0.2) is 0 Å². The number of rotatable bonds is 4. The monoisotopic (exact) mass is 391 g/mol. The molecule has 1 fully saturated rings.